The molecule has 3 N–H and O–H groups in total. The first-order chi connectivity index (χ1) is 13.7. The second-order valence-corrected chi connectivity index (χ2v) is 8.60. The SMILES string of the molecule is O=C(NC1CC(c2nnc(CO)n2C2CC2)C1)c1cn[nH]c1C1CCCCC1. The summed E-state index contributed by atoms with van der Waals surface area (Å²) >= 11 is 0. The molecule has 0 aromatic carbocycles. The molecule has 5 rings (SSSR count). The Kier molecular flexibility index (Phi) is 4.66. The van der Waals surface area contributed by atoms with E-state index in [1.165, 1.54) is 19.3 Å². The molecule has 3 saturated carbocycles. The molecule has 0 unspecified atom stereocenters. The van der Waals surface area contributed by atoms with Crippen molar-refractivity contribution in [3.8, 4) is 0 Å². The van der Waals surface area contributed by atoms with E-state index in [-0.39, 0.29) is 18.6 Å². The Morgan fingerprint density at radius 3 is 2.64 bits per heavy atom. The third-order valence-corrected chi connectivity index (χ3v) is 6.61. The van der Waals surface area contributed by atoms with Crippen LogP contribution in [0.25, 0.3) is 0 Å². The predicted molar refractivity (Wildman–Crippen MR) is 102 cm³/mol. The number of aliphatic hydroxyl groups is 1. The molecule has 0 spiro atoms. The van der Waals surface area contributed by atoms with E-state index in [2.05, 4.69) is 30.3 Å². The maximum Gasteiger partial charge on any atom is 0.254 e. The molecule has 0 atom stereocenters. The maximum atomic E-state index is 12.8. The number of amides is 1. The molecule has 3 fully saturated rings. The fourth-order valence-corrected chi connectivity index (χ4v) is 4.84. The summed E-state index contributed by atoms with van der Waals surface area (Å²) in [5, 5.41) is 28.4. The summed E-state index contributed by atoms with van der Waals surface area (Å²) in [6, 6.07) is 0.610. The van der Waals surface area contributed by atoms with Crippen molar-refractivity contribution in [3.63, 3.8) is 0 Å². The molecule has 0 aliphatic heterocycles. The molecule has 2 aromatic heterocycles. The molecule has 0 radical (unpaired) electrons. The van der Waals surface area contributed by atoms with Crippen molar-refractivity contribution in [2.75, 3.05) is 0 Å². The number of aromatic nitrogens is 5. The summed E-state index contributed by atoms with van der Waals surface area (Å²) in [6.07, 6.45) is 11.7. The standard InChI is InChI=1S/C20H28N6O2/c27-11-17-23-25-19(26(17)15-6-7-15)13-8-14(9-13)22-20(28)16-10-21-24-18(16)12-4-2-1-3-5-12/h10,12-15,27H,1-9,11H2,(H,21,24)(H,22,28). The molecule has 2 aromatic rings. The van der Waals surface area contributed by atoms with Gasteiger partial charge in [0.1, 0.15) is 12.4 Å². The Hall–Kier alpha value is -2.22. The Morgan fingerprint density at radius 2 is 1.93 bits per heavy atom. The second kappa shape index (κ2) is 7.31. The fourth-order valence-electron chi connectivity index (χ4n) is 4.84. The number of carbonyl (C=O) groups excluding carboxylic acids is 1. The fraction of sp³-hybridized carbons (Fsp3) is 0.700. The number of aliphatic hydroxyl groups excluding tert-OH is 1. The van der Waals surface area contributed by atoms with Crippen molar-refractivity contribution in [3.05, 3.63) is 29.1 Å². The Bertz CT molecular complexity index is 843. The Labute approximate surface area is 164 Å². The number of hydrogen-bond acceptors (Lipinski definition) is 5. The highest BCUT2D eigenvalue weighted by molar-refractivity contribution is 5.95. The average molecular weight is 384 g/mol. The van der Waals surface area contributed by atoms with Crippen LogP contribution < -0.4 is 5.32 Å². The summed E-state index contributed by atoms with van der Waals surface area (Å²) in [5.74, 6) is 2.36. The molecular weight excluding hydrogens is 356 g/mol. The second-order valence-electron chi connectivity index (χ2n) is 8.60. The first-order valence-corrected chi connectivity index (χ1v) is 10.6. The number of rotatable bonds is 6. The molecular formula is C20H28N6O2. The zero-order valence-electron chi connectivity index (χ0n) is 16.1. The number of H-pyrrole nitrogens is 1. The highest BCUT2D eigenvalue weighted by Crippen LogP contribution is 2.43. The molecule has 0 saturated heterocycles. The van der Waals surface area contributed by atoms with Gasteiger partial charge in [-0.1, -0.05) is 19.3 Å². The lowest BCUT2D eigenvalue weighted by atomic mass is 9.79. The molecule has 150 valence electrons. The topological polar surface area (TPSA) is 109 Å². The molecule has 2 heterocycles. The van der Waals surface area contributed by atoms with E-state index in [1.54, 1.807) is 6.20 Å². The van der Waals surface area contributed by atoms with Gasteiger partial charge in [0.05, 0.1) is 17.5 Å². The summed E-state index contributed by atoms with van der Waals surface area (Å²) < 4.78 is 2.12. The molecule has 8 nitrogen and oxygen atoms in total. The molecule has 3 aliphatic rings. The van der Waals surface area contributed by atoms with Gasteiger partial charge in [-0.2, -0.15) is 5.10 Å². The number of nitrogens with zero attached hydrogens (tertiary/aromatic N) is 4. The van der Waals surface area contributed by atoms with Gasteiger partial charge in [-0.25, -0.2) is 0 Å². The van der Waals surface area contributed by atoms with E-state index >= 15 is 0 Å². The van der Waals surface area contributed by atoms with Gasteiger partial charge in [0.2, 0.25) is 0 Å². The minimum Gasteiger partial charge on any atom is -0.388 e. The Balaban J connectivity index is 1.21. The first-order valence-electron chi connectivity index (χ1n) is 10.6. The van der Waals surface area contributed by atoms with E-state index in [4.69, 9.17) is 0 Å². The van der Waals surface area contributed by atoms with Crippen LogP contribution in [0.3, 0.4) is 0 Å². The van der Waals surface area contributed by atoms with Gasteiger partial charge >= 0.3 is 0 Å². The first kappa shape index (κ1) is 17.8. The summed E-state index contributed by atoms with van der Waals surface area (Å²) in [5.41, 5.74) is 1.72. The van der Waals surface area contributed by atoms with Crippen LogP contribution in [0.2, 0.25) is 0 Å². The van der Waals surface area contributed by atoms with Crippen molar-refractivity contribution in [1.29, 1.82) is 0 Å². The number of hydrogen-bond donors (Lipinski definition) is 3. The lowest BCUT2D eigenvalue weighted by molar-refractivity contribution is 0.0905. The third kappa shape index (κ3) is 3.23. The minimum absolute atomic E-state index is 0.0162. The normalized spacial score (nSPS) is 25.5. The quantitative estimate of drug-likeness (QED) is 0.709. The highest BCUT2D eigenvalue weighted by atomic mass is 16.3. The van der Waals surface area contributed by atoms with Crippen LogP contribution in [0.15, 0.2) is 6.20 Å². The van der Waals surface area contributed by atoms with Crippen LogP contribution in [0.4, 0.5) is 0 Å². The number of carbonyl (C=O) groups is 1. The van der Waals surface area contributed by atoms with Gasteiger partial charge in [0.15, 0.2) is 5.82 Å². The summed E-state index contributed by atoms with van der Waals surface area (Å²) in [4.78, 5) is 12.8. The van der Waals surface area contributed by atoms with E-state index in [0.29, 0.717) is 29.3 Å². The zero-order chi connectivity index (χ0) is 19.1. The Morgan fingerprint density at radius 1 is 1.14 bits per heavy atom. The average Bonchev–Trinajstić information content (AvgIpc) is 3.25. The van der Waals surface area contributed by atoms with Gasteiger partial charge in [-0.15, -0.1) is 10.2 Å². The highest BCUT2D eigenvalue weighted by Gasteiger charge is 2.39. The van der Waals surface area contributed by atoms with E-state index in [1.807, 2.05) is 0 Å². The van der Waals surface area contributed by atoms with Gasteiger partial charge < -0.3 is 15.0 Å². The third-order valence-electron chi connectivity index (χ3n) is 6.61. The lowest BCUT2D eigenvalue weighted by Crippen LogP contribution is -2.44. The zero-order valence-corrected chi connectivity index (χ0v) is 16.1. The van der Waals surface area contributed by atoms with Crippen molar-refractivity contribution in [2.45, 2.75) is 88.3 Å². The minimum atomic E-state index is -0.0686. The van der Waals surface area contributed by atoms with Crippen molar-refractivity contribution in [1.82, 2.24) is 30.3 Å². The smallest absolute Gasteiger partial charge is 0.254 e. The van der Waals surface area contributed by atoms with Gasteiger partial charge in [-0.05, 0) is 38.5 Å². The van der Waals surface area contributed by atoms with Gasteiger partial charge in [0.25, 0.3) is 5.91 Å². The van der Waals surface area contributed by atoms with E-state index in [0.717, 1.165) is 50.0 Å². The number of aromatic amines is 1. The molecule has 3 aliphatic carbocycles. The summed E-state index contributed by atoms with van der Waals surface area (Å²) in [6.45, 7) is -0.0686. The predicted octanol–water partition coefficient (Wildman–Crippen LogP) is 2.55. The van der Waals surface area contributed by atoms with E-state index < -0.39 is 0 Å². The van der Waals surface area contributed by atoms with Crippen LogP contribution >= 0.6 is 0 Å². The van der Waals surface area contributed by atoms with Crippen LogP contribution in [0, 0.1) is 0 Å². The van der Waals surface area contributed by atoms with E-state index in [9.17, 15) is 9.90 Å². The van der Waals surface area contributed by atoms with Crippen LogP contribution in [0.1, 0.15) is 103 Å². The number of nitrogens with one attached hydrogen (secondary N) is 2. The van der Waals surface area contributed by atoms with Gasteiger partial charge in [0, 0.05) is 23.9 Å². The van der Waals surface area contributed by atoms with Crippen LogP contribution in [0.5, 0.6) is 0 Å². The molecule has 28 heavy (non-hydrogen) atoms. The largest absolute Gasteiger partial charge is 0.388 e. The van der Waals surface area contributed by atoms with Crippen LogP contribution in [-0.2, 0) is 6.61 Å². The van der Waals surface area contributed by atoms with Gasteiger partial charge in [-0.3, -0.25) is 9.89 Å². The molecule has 1 amide bonds. The monoisotopic (exact) mass is 384 g/mol. The van der Waals surface area contributed by atoms with Crippen molar-refractivity contribution >= 4 is 5.91 Å². The van der Waals surface area contributed by atoms with Crippen molar-refractivity contribution < 1.29 is 9.90 Å². The molecule has 0 bridgehead atoms. The lowest BCUT2D eigenvalue weighted by Gasteiger charge is -2.35. The van der Waals surface area contributed by atoms with Crippen molar-refractivity contribution in [2.24, 2.45) is 0 Å². The summed E-state index contributed by atoms with van der Waals surface area (Å²) in [7, 11) is 0. The molecule has 8 heteroatoms. The maximum absolute atomic E-state index is 12.8. The van der Waals surface area contributed by atoms with Crippen LogP contribution in [-0.4, -0.2) is 42.0 Å².